The van der Waals surface area contributed by atoms with Gasteiger partial charge in [-0.15, -0.1) is 5.10 Å². The fourth-order valence-corrected chi connectivity index (χ4v) is 3.78. The number of rotatable bonds is 4. The maximum Gasteiger partial charge on any atom is 0.244 e. The molecule has 0 N–H and O–H groups in total. The maximum absolute atomic E-state index is 12.6. The SMILES string of the molecule is O=C(Cn1nnc2ccccc21)N1CCC(CN2CCOCC2)CC1. The van der Waals surface area contributed by atoms with Gasteiger partial charge in [0.25, 0.3) is 0 Å². The molecule has 1 aromatic carbocycles. The summed E-state index contributed by atoms with van der Waals surface area (Å²) in [5.41, 5.74) is 1.75. The molecule has 7 heteroatoms. The van der Waals surface area contributed by atoms with Crippen molar-refractivity contribution < 1.29 is 9.53 Å². The van der Waals surface area contributed by atoms with E-state index in [-0.39, 0.29) is 12.5 Å². The van der Waals surface area contributed by atoms with E-state index in [1.165, 1.54) is 0 Å². The van der Waals surface area contributed by atoms with Crippen LogP contribution >= 0.6 is 0 Å². The zero-order chi connectivity index (χ0) is 17.1. The summed E-state index contributed by atoms with van der Waals surface area (Å²) >= 11 is 0. The van der Waals surface area contributed by atoms with Crippen molar-refractivity contribution in [3.05, 3.63) is 24.3 Å². The molecule has 2 saturated heterocycles. The molecule has 1 amide bonds. The number of benzene rings is 1. The number of hydrogen-bond donors (Lipinski definition) is 0. The van der Waals surface area contributed by atoms with Gasteiger partial charge >= 0.3 is 0 Å². The van der Waals surface area contributed by atoms with Gasteiger partial charge in [-0.3, -0.25) is 9.69 Å². The van der Waals surface area contributed by atoms with Crippen LogP contribution in [0, 0.1) is 5.92 Å². The summed E-state index contributed by atoms with van der Waals surface area (Å²) in [5, 5.41) is 8.24. The second kappa shape index (κ2) is 7.49. The fourth-order valence-electron chi connectivity index (χ4n) is 3.78. The number of amides is 1. The summed E-state index contributed by atoms with van der Waals surface area (Å²) in [6.45, 7) is 6.89. The van der Waals surface area contributed by atoms with Gasteiger partial charge in [-0.1, -0.05) is 17.3 Å². The Labute approximate surface area is 147 Å². The van der Waals surface area contributed by atoms with Crippen LogP contribution in [0.15, 0.2) is 24.3 Å². The number of ether oxygens (including phenoxy) is 1. The van der Waals surface area contributed by atoms with Gasteiger partial charge < -0.3 is 9.64 Å². The second-order valence-electron chi connectivity index (χ2n) is 6.97. The van der Waals surface area contributed by atoms with E-state index in [9.17, 15) is 4.79 Å². The average Bonchev–Trinajstić information content (AvgIpc) is 3.06. The Hall–Kier alpha value is -1.99. The molecule has 2 aliphatic rings. The fraction of sp³-hybridized carbons (Fsp3) is 0.611. The first-order valence-corrected chi connectivity index (χ1v) is 9.16. The minimum absolute atomic E-state index is 0.139. The van der Waals surface area contributed by atoms with Crippen LogP contribution in [0.2, 0.25) is 0 Å². The van der Waals surface area contributed by atoms with Crippen LogP contribution in [0.3, 0.4) is 0 Å². The Morgan fingerprint density at radius 1 is 1.12 bits per heavy atom. The van der Waals surface area contributed by atoms with E-state index in [0.717, 1.165) is 69.8 Å². The molecule has 7 nitrogen and oxygen atoms in total. The average molecular weight is 343 g/mol. The molecule has 25 heavy (non-hydrogen) atoms. The van der Waals surface area contributed by atoms with E-state index < -0.39 is 0 Å². The second-order valence-corrected chi connectivity index (χ2v) is 6.97. The van der Waals surface area contributed by atoms with Gasteiger partial charge in [-0.05, 0) is 30.9 Å². The van der Waals surface area contributed by atoms with Crippen molar-refractivity contribution in [1.29, 1.82) is 0 Å². The minimum Gasteiger partial charge on any atom is -0.379 e. The molecule has 0 unspecified atom stereocenters. The highest BCUT2D eigenvalue weighted by atomic mass is 16.5. The molecule has 2 aromatic rings. The molecule has 0 saturated carbocycles. The summed E-state index contributed by atoms with van der Waals surface area (Å²) in [7, 11) is 0. The summed E-state index contributed by atoms with van der Waals surface area (Å²) < 4.78 is 7.12. The van der Waals surface area contributed by atoms with E-state index >= 15 is 0 Å². The number of carbonyl (C=O) groups excluding carboxylic acids is 1. The predicted octanol–water partition coefficient (Wildman–Crippen LogP) is 1.00. The van der Waals surface area contributed by atoms with Crippen LogP contribution < -0.4 is 0 Å². The number of carbonyl (C=O) groups is 1. The monoisotopic (exact) mass is 343 g/mol. The lowest BCUT2D eigenvalue weighted by molar-refractivity contribution is -0.133. The van der Waals surface area contributed by atoms with E-state index in [1.54, 1.807) is 4.68 Å². The number of likely N-dealkylation sites (tertiary alicyclic amines) is 1. The lowest BCUT2D eigenvalue weighted by Crippen LogP contribution is -2.45. The van der Waals surface area contributed by atoms with Gasteiger partial charge in [0.05, 0.1) is 18.7 Å². The topological polar surface area (TPSA) is 63.5 Å². The van der Waals surface area contributed by atoms with E-state index in [4.69, 9.17) is 4.74 Å². The maximum atomic E-state index is 12.6. The summed E-state index contributed by atoms with van der Waals surface area (Å²) in [6.07, 6.45) is 2.17. The standard InChI is InChI=1S/C18H25N5O2/c24-18(14-23-17-4-2-1-3-16(17)19-20-23)22-7-5-15(6-8-22)13-21-9-11-25-12-10-21/h1-4,15H,5-14H2. The number of nitrogens with zero attached hydrogens (tertiary/aromatic N) is 5. The quantitative estimate of drug-likeness (QED) is 0.829. The molecule has 0 bridgehead atoms. The zero-order valence-corrected chi connectivity index (χ0v) is 14.5. The van der Waals surface area contributed by atoms with Crippen LogP contribution in [-0.4, -0.2) is 76.6 Å². The van der Waals surface area contributed by atoms with Crippen LogP contribution in [0.4, 0.5) is 0 Å². The van der Waals surface area contributed by atoms with Gasteiger partial charge in [-0.2, -0.15) is 0 Å². The minimum atomic E-state index is 0.139. The number of morpholine rings is 1. The Kier molecular flexibility index (Phi) is 4.94. The van der Waals surface area contributed by atoms with Gasteiger partial charge in [0.1, 0.15) is 12.1 Å². The molecule has 0 radical (unpaired) electrons. The third kappa shape index (κ3) is 3.82. The van der Waals surface area contributed by atoms with Gasteiger partial charge in [0.15, 0.2) is 0 Å². The highest BCUT2D eigenvalue weighted by Gasteiger charge is 2.25. The molecule has 134 valence electrons. The van der Waals surface area contributed by atoms with Gasteiger partial charge in [0.2, 0.25) is 5.91 Å². The Bertz CT molecular complexity index is 717. The molecular weight excluding hydrogens is 318 g/mol. The highest BCUT2D eigenvalue weighted by molar-refractivity contribution is 5.79. The van der Waals surface area contributed by atoms with Crippen molar-refractivity contribution in [1.82, 2.24) is 24.8 Å². The van der Waals surface area contributed by atoms with Gasteiger partial charge in [0, 0.05) is 32.7 Å². The largest absolute Gasteiger partial charge is 0.379 e. The van der Waals surface area contributed by atoms with Crippen LogP contribution in [0.5, 0.6) is 0 Å². The first kappa shape index (κ1) is 16.5. The van der Waals surface area contributed by atoms with Crippen molar-refractivity contribution in [2.75, 3.05) is 45.9 Å². The normalized spacial score (nSPS) is 20.2. The Morgan fingerprint density at radius 3 is 2.68 bits per heavy atom. The number of piperidine rings is 1. The zero-order valence-electron chi connectivity index (χ0n) is 14.5. The first-order chi connectivity index (χ1) is 12.3. The van der Waals surface area contributed by atoms with Crippen LogP contribution in [0.25, 0.3) is 11.0 Å². The smallest absolute Gasteiger partial charge is 0.244 e. The number of para-hydroxylation sites is 1. The predicted molar refractivity (Wildman–Crippen MR) is 94.1 cm³/mol. The molecule has 0 atom stereocenters. The van der Waals surface area contributed by atoms with E-state index in [2.05, 4.69) is 15.2 Å². The Morgan fingerprint density at radius 2 is 1.88 bits per heavy atom. The number of aromatic nitrogens is 3. The van der Waals surface area contributed by atoms with Crippen molar-refractivity contribution in [3.8, 4) is 0 Å². The van der Waals surface area contributed by atoms with Crippen molar-refractivity contribution in [2.24, 2.45) is 5.92 Å². The molecule has 2 fully saturated rings. The third-order valence-corrected chi connectivity index (χ3v) is 5.29. The number of fused-ring (bicyclic) bond motifs is 1. The number of hydrogen-bond acceptors (Lipinski definition) is 5. The van der Waals surface area contributed by atoms with Gasteiger partial charge in [-0.25, -0.2) is 4.68 Å². The molecular formula is C18H25N5O2. The first-order valence-electron chi connectivity index (χ1n) is 9.16. The molecule has 1 aromatic heterocycles. The molecule has 0 aliphatic carbocycles. The van der Waals surface area contributed by atoms with E-state index in [0.29, 0.717) is 5.92 Å². The van der Waals surface area contributed by atoms with Crippen molar-refractivity contribution in [2.45, 2.75) is 19.4 Å². The summed E-state index contributed by atoms with van der Waals surface area (Å²) in [5.74, 6) is 0.829. The molecule has 0 spiro atoms. The summed E-state index contributed by atoms with van der Waals surface area (Å²) in [4.78, 5) is 17.1. The highest BCUT2D eigenvalue weighted by Crippen LogP contribution is 2.20. The van der Waals surface area contributed by atoms with Crippen molar-refractivity contribution >= 4 is 16.9 Å². The lowest BCUT2D eigenvalue weighted by Gasteiger charge is -2.36. The van der Waals surface area contributed by atoms with E-state index in [1.807, 2.05) is 29.2 Å². The summed E-state index contributed by atoms with van der Waals surface area (Å²) in [6, 6.07) is 7.75. The Balaban J connectivity index is 1.29. The third-order valence-electron chi connectivity index (χ3n) is 5.29. The van der Waals surface area contributed by atoms with Crippen LogP contribution in [0.1, 0.15) is 12.8 Å². The molecule has 3 heterocycles. The lowest BCUT2D eigenvalue weighted by atomic mass is 9.96. The van der Waals surface area contributed by atoms with Crippen molar-refractivity contribution in [3.63, 3.8) is 0 Å². The molecule has 4 rings (SSSR count). The van der Waals surface area contributed by atoms with Crippen LogP contribution in [-0.2, 0) is 16.1 Å². The molecule has 2 aliphatic heterocycles.